The standard InChI is InChI=1S/C25H19Cl2NO4/c1-2-31-23-13-16(11-20(14-28)17-7-9-18(10-8-17)25(29)30)12-22(27)24(23)32-15-19-5-3-4-6-21(19)26/h3-13H,2,15H2,1H3,(H,29,30)/b20-11-. The quantitative estimate of drug-likeness (QED) is 0.293. The van der Waals surface area contributed by atoms with E-state index in [4.69, 9.17) is 37.8 Å². The van der Waals surface area contributed by atoms with Crippen LogP contribution in [0.2, 0.25) is 10.0 Å². The molecule has 0 spiro atoms. The third-order valence-corrected chi connectivity index (χ3v) is 5.19. The summed E-state index contributed by atoms with van der Waals surface area (Å²) in [6.45, 7) is 2.46. The van der Waals surface area contributed by atoms with Crippen molar-refractivity contribution in [1.29, 1.82) is 5.26 Å². The number of halogens is 2. The Morgan fingerprint density at radius 3 is 2.34 bits per heavy atom. The first-order chi connectivity index (χ1) is 15.4. The van der Waals surface area contributed by atoms with Crippen LogP contribution < -0.4 is 9.47 Å². The second-order valence-corrected chi connectivity index (χ2v) is 7.51. The van der Waals surface area contributed by atoms with Gasteiger partial charge in [0.15, 0.2) is 11.5 Å². The van der Waals surface area contributed by atoms with Crippen LogP contribution in [0.15, 0.2) is 60.7 Å². The lowest BCUT2D eigenvalue weighted by atomic mass is 10.0. The normalized spacial score (nSPS) is 11.0. The highest BCUT2D eigenvalue weighted by molar-refractivity contribution is 6.32. The minimum Gasteiger partial charge on any atom is -0.490 e. The van der Waals surface area contributed by atoms with Crippen LogP contribution in [0.25, 0.3) is 11.6 Å². The van der Waals surface area contributed by atoms with Gasteiger partial charge in [0.1, 0.15) is 6.61 Å². The second-order valence-electron chi connectivity index (χ2n) is 6.70. The van der Waals surface area contributed by atoms with Crippen LogP contribution in [0.1, 0.15) is 34.0 Å². The van der Waals surface area contributed by atoms with Crippen LogP contribution in [-0.4, -0.2) is 17.7 Å². The van der Waals surface area contributed by atoms with Gasteiger partial charge in [-0.1, -0.05) is 53.5 Å². The molecule has 0 bridgehead atoms. The van der Waals surface area contributed by atoms with Crippen molar-refractivity contribution in [3.8, 4) is 17.6 Å². The monoisotopic (exact) mass is 467 g/mol. The van der Waals surface area contributed by atoms with Gasteiger partial charge < -0.3 is 14.6 Å². The lowest BCUT2D eigenvalue weighted by molar-refractivity contribution is 0.0697. The molecule has 3 aromatic carbocycles. The third-order valence-electron chi connectivity index (χ3n) is 4.54. The zero-order valence-corrected chi connectivity index (χ0v) is 18.7. The summed E-state index contributed by atoms with van der Waals surface area (Å²) >= 11 is 12.7. The Bertz CT molecular complexity index is 1200. The van der Waals surface area contributed by atoms with E-state index in [9.17, 15) is 10.1 Å². The van der Waals surface area contributed by atoms with Gasteiger partial charge in [-0.25, -0.2) is 4.79 Å². The molecule has 0 fully saturated rings. The van der Waals surface area contributed by atoms with Crippen molar-refractivity contribution < 1.29 is 19.4 Å². The average Bonchev–Trinajstić information content (AvgIpc) is 2.78. The molecule has 32 heavy (non-hydrogen) atoms. The number of allylic oxidation sites excluding steroid dienone is 1. The fourth-order valence-electron chi connectivity index (χ4n) is 2.98. The molecule has 7 heteroatoms. The van der Waals surface area contributed by atoms with Gasteiger partial charge in [-0.2, -0.15) is 5.26 Å². The van der Waals surface area contributed by atoms with E-state index in [2.05, 4.69) is 6.07 Å². The molecule has 0 saturated heterocycles. The van der Waals surface area contributed by atoms with Gasteiger partial charge >= 0.3 is 5.97 Å². The lowest BCUT2D eigenvalue weighted by Gasteiger charge is -2.15. The van der Waals surface area contributed by atoms with Crippen molar-refractivity contribution in [1.82, 2.24) is 0 Å². The number of rotatable bonds is 8. The van der Waals surface area contributed by atoms with Crippen LogP contribution in [0.4, 0.5) is 0 Å². The topological polar surface area (TPSA) is 79.5 Å². The second kappa shape index (κ2) is 10.7. The Labute approximate surface area is 196 Å². The maximum Gasteiger partial charge on any atom is 0.335 e. The van der Waals surface area contributed by atoms with Crippen molar-refractivity contribution in [3.63, 3.8) is 0 Å². The van der Waals surface area contributed by atoms with E-state index in [0.717, 1.165) is 5.56 Å². The zero-order valence-electron chi connectivity index (χ0n) is 17.1. The summed E-state index contributed by atoms with van der Waals surface area (Å²) in [5.74, 6) is -0.203. The smallest absolute Gasteiger partial charge is 0.335 e. The number of nitriles is 1. The number of carboxylic acid groups (broad SMARTS) is 1. The number of aromatic carboxylic acids is 1. The Morgan fingerprint density at radius 1 is 1.03 bits per heavy atom. The lowest BCUT2D eigenvalue weighted by Crippen LogP contribution is -2.01. The number of nitrogens with zero attached hydrogens (tertiary/aromatic N) is 1. The predicted octanol–water partition coefficient (Wildman–Crippen LogP) is 6.73. The fourth-order valence-corrected chi connectivity index (χ4v) is 3.44. The molecule has 0 radical (unpaired) electrons. The van der Waals surface area contributed by atoms with E-state index < -0.39 is 5.97 Å². The molecule has 3 aromatic rings. The first-order valence-electron chi connectivity index (χ1n) is 9.71. The largest absolute Gasteiger partial charge is 0.490 e. The minimum atomic E-state index is -1.03. The van der Waals surface area contributed by atoms with Gasteiger partial charge in [-0.15, -0.1) is 0 Å². The fraction of sp³-hybridized carbons (Fsp3) is 0.120. The predicted molar refractivity (Wildman–Crippen MR) is 125 cm³/mol. The molecule has 0 saturated carbocycles. The molecule has 162 valence electrons. The molecular weight excluding hydrogens is 449 g/mol. The van der Waals surface area contributed by atoms with Crippen molar-refractivity contribution in [2.24, 2.45) is 0 Å². The van der Waals surface area contributed by atoms with E-state index >= 15 is 0 Å². The molecule has 0 amide bonds. The summed E-state index contributed by atoms with van der Waals surface area (Å²) < 4.78 is 11.6. The van der Waals surface area contributed by atoms with Crippen molar-refractivity contribution in [2.75, 3.05) is 6.61 Å². The summed E-state index contributed by atoms with van der Waals surface area (Å²) in [7, 11) is 0. The van der Waals surface area contributed by atoms with Gasteiger partial charge in [0.2, 0.25) is 0 Å². The van der Waals surface area contributed by atoms with Gasteiger partial charge in [-0.05, 0) is 54.5 Å². The highest BCUT2D eigenvalue weighted by Gasteiger charge is 2.14. The van der Waals surface area contributed by atoms with E-state index in [1.807, 2.05) is 25.1 Å². The van der Waals surface area contributed by atoms with Crippen LogP contribution in [-0.2, 0) is 6.61 Å². The van der Waals surface area contributed by atoms with Crippen molar-refractivity contribution in [2.45, 2.75) is 13.5 Å². The van der Waals surface area contributed by atoms with Crippen LogP contribution in [0, 0.1) is 11.3 Å². The molecule has 0 aliphatic heterocycles. The minimum absolute atomic E-state index is 0.146. The molecule has 3 rings (SSSR count). The van der Waals surface area contributed by atoms with Gasteiger partial charge in [0.25, 0.3) is 0 Å². The Hall–Kier alpha value is -3.46. The number of benzene rings is 3. The Kier molecular flexibility index (Phi) is 7.77. The molecule has 0 aliphatic rings. The van der Waals surface area contributed by atoms with Gasteiger partial charge in [0.05, 0.1) is 28.8 Å². The first kappa shape index (κ1) is 23.2. The molecule has 0 atom stereocenters. The highest BCUT2D eigenvalue weighted by Crippen LogP contribution is 2.38. The number of carboxylic acids is 1. The number of carbonyl (C=O) groups is 1. The molecule has 5 nitrogen and oxygen atoms in total. The summed E-state index contributed by atoms with van der Waals surface area (Å²) in [4.78, 5) is 11.0. The molecule has 0 aromatic heterocycles. The number of ether oxygens (including phenoxy) is 2. The van der Waals surface area contributed by atoms with Crippen LogP contribution in [0.5, 0.6) is 11.5 Å². The molecule has 0 heterocycles. The third kappa shape index (κ3) is 5.61. The molecule has 1 N–H and O–H groups in total. The van der Waals surface area contributed by atoms with Crippen molar-refractivity contribution in [3.05, 3.63) is 93.0 Å². The Balaban J connectivity index is 1.92. The summed E-state index contributed by atoms with van der Waals surface area (Å²) in [5.41, 5.74) is 2.54. The number of hydrogen-bond acceptors (Lipinski definition) is 4. The van der Waals surface area contributed by atoms with Crippen LogP contribution in [0.3, 0.4) is 0 Å². The summed E-state index contributed by atoms with van der Waals surface area (Å²) in [6, 6.07) is 19.0. The maximum absolute atomic E-state index is 11.0. The van der Waals surface area contributed by atoms with E-state index in [1.54, 1.807) is 36.4 Å². The first-order valence-corrected chi connectivity index (χ1v) is 10.5. The Morgan fingerprint density at radius 2 is 1.72 bits per heavy atom. The van der Waals surface area contributed by atoms with Crippen molar-refractivity contribution >= 4 is 40.8 Å². The average molecular weight is 468 g/mol. The van der Waals surface area contributed by atoms with Gasteiger partial charge in [0, 0.05) is 10.6 Å². The van der Waals surface area contributed by atoms with E-state index in [-0.39, 0.29) is 12.2 Å². The summed E-state index contributed by atoms with van der Waals surface area (Å²) in [5, 5.41) is 19.6. The van der Waals surface area contributed by atoms with Gasteiger partial charge in [-0.3, -0.25) is 0 Å². The highest BCUT2D eigenvalue weighted by atomic mass is 35.5. The zero-order chi connectivity index (χ0) is 23.1. The van der Waals surface area contributed by atoms with E-state index in [1.165, 1.54) is 12.1 Å². The van der Waals surface area contributed by atoms with E-state index in [0.29, 0.717) is 44.9 Å². The molecular formula is C25H19Cl2NO4. The van der Waals surface area contributed by atoms with Crippen LogP contribution >= 0.6 is 23.2 Å². The molecule has 0 unspecified atom stereocenters. The maximum atomic E-state index is 11.0. The molecule has 0 aliphatic carbocycles. The summed E-state index contributed by atoms with van der Waals surface area (Å²) in [6.07, 6.45) is 1.65. The number of hydrogen-bond donors (Lipinski definition) is 1. The SMILES string of the molecule is CCOc1cc(/C=C(/C#N)c2ccc(C(=O)O)cc2)cc(Cl)c1OCc1ccccc1Cl.